The molecule has 7 aliphatic rings. The molecule has 228 valence electrons. The minimum absolute atomic E-state index is 0.0201. The molecular weight excluding hydrogens is 520 g/mol. The lowest BCUT2D eigenvalue weighted by Crippen LogP contribution is -2.78. The number of hydrogen-bond acceptors (Lipinski definition) is 7. The van der Waals surface area contributed by atoms with Gasteiger partial charge in [-0.15, -0.1) is 0 Å². The van der Waals surface area contributed by atoms with Gasteiger partial charge in [-0.05, 0) is 85.9 Å². The first kappa shape index (κ1) is 28.3. The van der Waals surface area contributed by atoms with Gasteiger partial charge in [0, 0.05) is 24.7 Å². The quantitative estimate of drug-likeness (QED) is 0.297. The smallest absolute Gasteiger partial charge is 0.313 e. The number of esters is 2. The second-order valence-corrected chi connectivity index (χ2v) is 16.9. The maximum absolute atomic E-state index is 14.0. The monoisotopic (exact) mass is 570 g/mol. The zero-order valence-electron chi connectivity index (χ0n) is 26.2. The third-order valence-corrected chi connectivity index (χ3v) is 14.9. The van der Waals surface area contributed by atoms with E-state index in [1.54, 1.807) is 0 Å². The van der Waals surface area contributed by atoms with Crippen molar-refractivity contribution in [1.29, 1.82) is 0 Å². The molecule has 7 nitrogen and oxygen atoms in total. The van der Waals surface area contributed by atoms with Gasteiger partial charge in [0.25, 0.3) is 0 Å². The van der Waals surface area contributed by atoms with Crippen LogP contribution in [0.4, 0.5) is 0 Å². The third-order valence-electron chi connectivity index (χ3n) is 14.9. The molecule has 0 aromatic carbocycles. The van der Waals surface area contributed by atoms with Gasteiger partial charge in [0.15, 0.2) is 11.4 Å². The van der Waals surface area contributed by atoms with Crippen LogP contribution in [0.5, 0.6) is 0 Å². The number of carbonyl (C=O) groups excluding carboxylic acids is 3. The minimum atomic E-state index is -1.12. The van der Waals surface area contributed by atoms with Crippen molar-refractivity contribution in [2.45, 2.75) is 130 Å². The fourth-order valence-electron chi connectivity index (χ4n) is 13.0. The van der Waals surface area contributed by atoms with Gasteiger partial charge >= 0.3 is 11.9 Å². The van der Waals surface area contributed by atoms with Crippen molar-refractivity contribution >= 4 is 18.2 Å². The molecule has 2 spiro atoms. The summed E-state index contributed by atoms with van der Waals surface area (Å²) in [5.41, 5.74) is -3.32. The molecular formula is C34H50O7. The highest BCUT2D eigenvalue weighted by Gasteiger charge is 2.86. The fraction of sp³-hybridized carbons (Fsp3) is 0.912. The molecule has 9 atom stereocenters. The first-order chi connectivity index (χ1) is 19.1. The van der Waals surface area contributed by atoms with E-state index >= 15 is 0 Å². The first-order valence-corrected chi connectivity index (χ1v) is 16.2. The topological polar surface area (TPSA) is 88.1 Å². The molecule has 0 amide bonds. The Balaban J connectivity index is 1.40. The second kappa shape index (κ2) is 8.16. The van der Waals surface area contributed by atoms with Crippen LogP contribution in [0.25, 0.3) is 0 Å². The molecule has 5 saturated carbocycles. The highest BCUT2D eigenvalue weighted by atomic mass is 16.7. The summed E-state index contributed by atoms with van der Waals surface area (Å²) in [6.07, 6.45) is 8.57. The normalized spacial score (nSPS) is 51.9. The predicted octanol–water partition coefficient (Wildman–Crippen LogP) is 6.01. The number of fused-ring (bicyclic) bond motifs is 4. The molecule has 2 bridgehead atoms. The average molecular weight is 571 g/mol. The predicted molar refractivity (Wildman–Crippen MR) is 150 cm³/mol. The Kier molecular flexibility index (Phi) is 5.64. The van der Waals surface area contributed by atoms with Gasteiger partial charge < -0.3 is 23.7 Å². The molecule has 2 aliphatic heterocycles. The van der Waals surface area contributed by atoms with E-state index in [1.165, 1.54) is 13.2 Å². The Morgan fingerprint density at radius 2 is 1.56 bits per heavy atom. The Bertz CT molecular complexity index is 1190. The van der Waals surface area contributed by atoms with Gasteiger partial charge in [-0.3, -0.25) is 9.59 Å². The zero-order valence-corrected chi connectivity index (χ0v) is 26.2. The highest BCUT2D eigenvalue weighted by molar-refractivity contribution is 5.84. The lowest BCUT2D eigenvalue weighted by molar-refractivity contribution is -0.336. The lowest BCUT2D eigenvalue weighted by Gasteiger charge is -2.74. The van der Waals surface area contributed by atoms with Gasteiger partial charge in [-0.1, -0.05) is 41.5 Å². The van der Waals surface area contributed by atoms with Crippen LogP contribution in [-0.4, -0.2) is 48.9 Å². The van der Waals surface area contributed by atoms with Crippen LogP contribution >= 0.6 is 0 Å². The number of hydrogen-bond donors (Lipinski definition) is 0. The molecule has 7 fully saturated rings. The minimum Gasteiger partial charge on any atom is -0.458 e. The Hall–Kier alpha value is -1.47. The number of rotatable bonds is 2. The maximum atomic E-state index is 14.0. The van der Waals surface area contributed by atoms with Crippen LogP contribution in [-0.2, 0) is 33.3 Å². The highest BCUT2D eigenvalue weighted by Crippen LogP contribution is 2.81. The SMILES string of the molecule is CC(=O)O[C@H]1C[C@@H]2[C@@]3(C)CCC4(OCCO4)C(C)(C)[C@@H]3CC[C@@]2(C)[C@]2(C=O)CC[C@@]34CCC(C)(C)C[C@H]3[C@@]12OC4=O. The molecule has 2 saturated heterocycles. The van der Waals surface area contributed by atoms with Crippen LogP contribution in [0.15, 0.2) is 0 Å². The van der Waals surface area contributed by atoms with Gasteiger partial charge in [0.2, 0.25) is 0 Å². The lowest BCUT2D eigenvalue weighted by atomic mass is 9.30. The van der Waals surface area contributed by atoms with Crippen LogP contribution in [0.1, 0.15) is 113 Å². The summed E-state index contributed by atoms with van der Waals surface area (Å²) in [5, 5.41) is 0. The molecule has 41 heavy (non-hydrogen) atoms. The molecule has 5 aliphatic carbocycles. The summed E-state index contributed by atoms with van der Waals surface area (Å²) in [4.78, 5) is 40.8. The Morgan fingerprint density at radius 1 is 0.878 bits per heavy atom. The van der Waals surface area contributed by atoms with Crippen molar-refractivity contribution in [3.8, 4) is 0 Å². The summed E-state index contributed by atoms with van der Waals surface area (Å²) in [5.74, 6) is -0.790. The second-order valence-electron chi connectivity index (χ2n) is 16.9. The van der Waals surface area contributed by atoms with Crippen LogP contribution < -0.4 is 0 Å². The van der Waals surface area contributed by atoms with Crippen LogP contribution in [0.2, 0.25) is 0 Å². The number of ether oxygens (including phenoxy) is 4. The van der Waals surface area contributed by atoms with E-state index in [0.717, 1.165) is 44.9 Å². The molecule has 0 aromatic heterocycles. The van der Waals surface area contributed by atoms with Crippen molar-refractivity contribution in [3.63, 3.8) is 0 Å². The largest absolute Gasteiger partial charge is 0.458 e. The molecule has 0 unspecified atom stereocenters. The van der Waals surface area contributed by atoms with E-state index < -0.39 is 33.7 Å². The Labute approximate surface area is 245 Å². The Morgan fingerprint density at radius 3 is 2.22 bits per heavy atom. The van der Waals surface area contributed by atoms with E-state index in [-0.39, 0.29) is 40.0 Å². The van der Waals surface area contributed by atoms with E-state index in [2.05, 4.69) is 41.5 Å². The van der Waals surface area contributed by atoms with Crippen molar-refractivity contribution in [2.75, 3.05) is 13.2 Å². The fourth-order valence-corrected chi connectivity index (χ4v) is 13.0. The maximum Gasteiger partial charge on any atom is 0.313 e. The van der Waals surface area contributed by atoms with Crippen molar-refractivity contribution in [3.05, 3.63) is 0 Å². The van der Waals surface area contributed by atoms with Crippen molar-refractivity contribution < 1.29 is 33.3 Å². The summed E-state index contributed by atoms with van der Waals surface area (Å²) >= 11 is 0. The van der Waals surface area contributed by atoms with Gasteiger partial charge in [0.1, 0.15) is 12.4 Å². The molecule has 2 heterocycles. The van der Waals surface area contributed by atoms with Crippen LogP contribution in [0.3, 0.4) is 0 Å². The van der Waals surface area contributed by atoms with Crippen molar-refractivity contribution in [1.82, 2.24) is 0 Å². The average Bonchev–Trinajstić information content (AvgIpc) is 3.44. The van der Waals surface area contributed by atoms with Gasteiger partial charge in [-0.2, -0.15) is 0 Å². The summed E-state index contributed by atoms with van der Waals surface area (Å²) in [6, 6.07) is 0. The summed E-state index contributed by atoms with van der Waals surface area (Å²) < 4.78 is 25.8. The molecule has 7 rings (SSSR count). The van der Waals surface area contributed by atoms with Crippen molar-refractivity contribution in [2.24, 2.45) is 50.2 Å². The van der Waals surface area contributed by atoms with Gasteiger partial charge in [-0.25, -0.2) is 0 Å². The summed E-state index contributed by atoms with van der Waals surface area (Å²) in [7, 11) is 0. The summed E-state index contributed by atoms with van der Waals surface area (Å²) in [6.45, 7) is 16.6. The molecule has 0 radical (unpaired) electrons. The standard InChI is InChI=1S/C34H50O7/c1-21(36)40-25-18-23-29(6)11-15-33(38-16-17-39-33)28(4,5)22(29)8-9-30(23,7)32(20-35)14-13-31-12-10-27(2,3)19-24(31)34(25,32)41-26(31)37/h20,22-25H,8-19H2,1-7H3/t22-,23+,24+,25-,29-,30+,31-,32+,34+/m0/s1. The number of carbonyl (C=O) groups is 3. The molecule has 7 heteroatoms. The van der Waals surface area contributed by atoms with E-state index in [9.17, 15) is 14.4 Å². The van der Waals surface area contributed by atoms with E-state index in [1.807, 2.05) is 0 Å². The molecule has 0 N–H and O–H groups in total. The zero-order chi connectivity index (χ0) is 29.5. The third kappa shape index (κ3) is 3.02. The van der Waals surface area contributed by atoms with Gasteiger partial charge in [0.05, 0.1) is 24.0 Å². The number of aldehydes is 1. The van der Waals surface area contributed by atoms with Crippen LogP contribution in [0, 0.1) is 50.2 Å². The molecule has 0 aromatic rings. The van der Waals surface area contributed by atoms with E-state index in [0.29, 0.717) is 38.4 Å². The van der Waals surface area contributed by atoms with E-state index in [4.69, 9.17) is 18.9 Å². The first-order valence-electron chi connectivity index (χ1n) is 16.2.